The molecule has 114 valence electrons. The molecule has 0 aromatic heterocycles. The number of nitrogens with one attached hydrogen (secondary N) is 1. The van der Waals surface area contributed by atoms with E-state index in [2.05, 4.69) is 33.4 Å². The minimum atomic E-state index is -0.302. The van der Waals surface area contributed by atoms with Gasteiger partial charge in [-0.1, -0.05) is 47.1 Å². The topological polar surface area (TPSA) is 50.7 Å². The Kier molecular flexibility index (Phi) is 6.15. The number of hydrogen-bond donors (Lipinski definition) is 1. The van der Waals surface area contributed by atoms with Crippen molar-refractivity contribution in [3.05, 3.63) is 64.1 Å². The molecule has 0 aliphatic carbocycles. The van der Waals surface area contributed by atoms with Crippen molar-refractivity contribution in [3.63, 3.8) is 0 Å². The van der Waals surface area contributed by atoms with Crippen LogP contribution in [0, 0.1) is 0 Å². The maximum Gasteiger partial charge on any atom is 0.277 e. The number of carbonyl (C=O) groups excluding carboxylic acids is 1. The molecule has 0 aliphatic rings. The van der Waals surface area contributed by atoms with Crippen molar-refractivity contribution >= 4 is 28.1 Å². The summed E-state index contributed by atoms with van der Waals surface area (Å²) in [5.74, 6) is 0.335. The van der Waals surface area contributed by atoms with Crippen LogP contribution in [0.2, 0.25) is 0 Å². The number of carbonyl (C=O) groups is 1. The first-order valence-electron chi connectivity index (χ1n) is 6.96. The Balaban J connectivity index is 1.76. The van der Waals surface area contributed by atoms with Crippen molar-refractivity contribution in [2.45, 2.75) is 13.3 Å². The lowest BCUT2D eigenvalue weighted by molar-refractivity contribution is -0.123. The highest BCUT2D eigenvalue weighted by atomic mass is 79.9. The third-order valence-electron chi connectivity index (χ3n) is 2.97. The number of nitrogens with zero attached hydrogens (tertiary/aromatic N) is 1. The fourth-order valence-electron chi connectivity index (χ4n) is 1.73. The largest absolute Gasteiger partial charge is 0.484 e. The molecule has 0 spiro atoms. The molecule has 4 nitrogen and oxygen atoms in total. The Labute approximate surface area is 138 Å². The predicted molar refractivity (Wildman–Crippen MR) is 91.2 cm³/mol. The van der Waals surface area contributed by atoms with Gasteiger partial charge in [0.2, 0.25) is 0 Å². The first kappa shape index (κ1) is 16.2. The second kappa shape index (κ2) is 8.34. The first-order valence-corrected chi connectivity index (χ1v) is 7.76. The quantitative estimate of drug-likeness (QED) is 0.632. The van der Waals surface area contributed by atoms with E-state index in [-0.39, 0.29) is 12.5 Å². The van der Waals surface area contributed by atoms with Gasteiger partial charge in [-0.25, -0.2) is 5.43 Å². The van der Waals surface area contributed by atoms with Gasteiger partial charge in [0.15, 0.2) is 6.61 Å². The number of hydrazone groups is 1. The summed E-state index contributed by atoms with van der Waals surface area (Å²) in [6.45, 7) is 2.03. The van der Waals surface area contributed by atoms with Crippen molar-refractivity contribution in [2.75, 3.05) is 6.61 Å². The van der Waals surface area contributed by atoms with Crippen molar-refractivity contribution < 1.29 is 9.53 Å². The Bertz CT molecular complexity index is 637. The van der Waals surface area contributed by atoms with E-state index < -0.39 is 0 Å². The molecule has 0 aliphatic heterocycles. The van der Waals surface area contributed by atoms with Crippen LogP contribution in [-0.2, 0) is 11.2 Å². The molecule has 0 heterocycles. The molecule has 0 atom stereocenters. The number of benzene rings is 2. The summed E-state index contributed by atoms with van der Waals surface area (Å²) < 4.78 is 6.31. The molecule has 22 heavy (non-hydrogen) atoms. The molecule has 1 N–H and O–H groups in total. The van der Waals surface area contributed by atoms with Gasteiger partial charge in [0.05, 0.1) is 6.21 Å². The van der Waals surface area contributed by atoms with Crippen molar-refractivity contribution in [2.24, 2.45) is 5.10 Å². The number of ether oxygens (including phenoxy) is 1. The SMILES string of the molecule is CCc1ccc(/C=N\NC(=O)COc2ccc(Br)cc2)cc1. The Morgan fingerprint density at radius 2 is 1.86 bits per heavy atom. The Morgan fingerprint density at radius 1 is 1.18 bits per heavy atom. The average molecular weight is 361 g/mol. The molecule has 2 aromatic carbocycles. The fraction of sp³-hybridized carbons (Fsp3) is 0.176. The van der Waals surface area contributed by atoms with Crippen LogP contribution in [0.15, 0.2) is 58.1 Å². The van der Waals surface area contributed by atoms with Crippen molar-refractivity contribution in [3.8, 4) is 5.75 Å². The standard InChI is InChI=1S/C17H17BrN2O2/c1-2-13-3-5-14(6-4-13)11-19-20-17(21)12-22-16-9-7-15(18)8-10-16/h3-11H,2,12H2,1H3,(H,20,21)/b19-11-. The zero-order chi connectivity index (χ0) is 15.8. The van der Waals surface area contributed by atoms with Gasteiger partial charge in [-0.05, 0) is 41.8 Å². The monoisotopic (exact) mass is 360 g/mol. The predicted octanol–water partition coefficient (Wildman–Crippen LogP) is 3.54. The van der Waals surface area contributed by atoms with Crippen molar-refractivity contribution in [1.82, 2.24) is 5.43 Å². The molecule has 1 amide bonds. The third kappa shape index (κ3) is 5.33. The molecular formula is C17H17BrN2O2. The highest BCUT2D eigenvalue weighted by molar-refractivity contribution is 9.10. The first-order chi connectivity index (χ1) is 10.7. The van der Waals surface area contributed by atoms with Gasteiger partial charge in [0.1, 0.15) is 5.75 Å². The number of amides is 1. The van der Waals surface area contributed by atoms with Crippen LogP contribution in [0.25, 0.3) is 0 Å². The fourth-order valence-corrected chi connectivity index (χ4v) is 1.99. The Morgan fingerprint density at radius 3 is 2.50 bits per heavy atom. The van der Waals surface area contributed by atoms with Crippen LogP contribution in [-0.4, -0.2) is 18.7 Å². The average Bonchev–Trinajstić information content (AvgIpc) is 2.55. The van der Waals surface area contributed by atoms with Gasteiger partial charge < -0.3 is 4.74 Å². The second-order valence-electron chi connectivity index (χ2n) is 4.63. The molecular weight excluding hydrogens is 344 g/mol. The molecule has 0 bridgehead atoms. The maximum atomic E-state index is 11.6. The van der Waals surface area contributed by atoms with E-state index in [0.717, 1.165) is 16.5 Å². The lowest BCUT2D eigenvalue weighted by atomic mass is 10.1. The summed E-state index contributed by atoms with van der Waals surface area (Å²) in [5.41, 5.74) is 4.64. The molecule has 0 fully saturated rings. The van der Waals surface area contributed by atoms with Crippen LogP contribution in [0.1, 0.15) is 18.1 Å². The van der Waals surface area contributed by atoms with Crippen LogP contribution in [0.3, 0.4) is 0 Å². The van der Waals surface area contributed by atoms with E-state index in [1.54, 1.807) is 18.3 Å². The molecule has 5 heteroatoms. The van der Waals surface area contributed by atoms with Gasteiger partial charge >= 0.3 is 0 Å². The molecule has 2 aromatic rings. The van der Waals surface area contributed by atoms with Crippen LogP contribution >= 0.6 is 15.9 Å². The number of aryl methyl sites for hydroxylation is 1. The minimum Gasteiger partial charge on any atom is -0.484 e. The summed E-state index contributed by atoms with van der Waals surface area (Å²) in [5, 5.41) is 3.91. The van der Waals surface area contributed by atoms with Gasteiger partial charge in [0.25, 0.3) is 5.91 Å². The van der Waals surface area contributed by atoms with E-state index in [9.17, 15) is 4.79 Å². The van der Waals surface area contributed by atoms with E-state index in [1.165, 1.54) is 5.56 Å². The van der Waals surface area contributed by atoms with Gasteiger partial charge in [-0.3, -0.25) is 4.79 Å². The normalized spacial score (nSPS) is 10.6. The molecule has 0 radical (unpaired) electrons. The molecule has 0 saturated heterocycles. The summed E-state index contributed by atoms with van der Waals surface area (Å²) in [6, 6.07) is 15.3. The molecule has 0 unspecified atom stereocenters. The Hall–Kier alpha value is -2.14. The van der Waals surface area contributed by atoms with E-state index in [0.29, 0.717) is 5.75 Å². The van der Waals surface area contributed by atoms with E-state index in [4.69, 9.17) is 4.74 Å². The summed E-state index contributed by atoms with van der Waals surface area (Å²) in [4.78, 5) is 11.6. The molecule has 2 rings (SSSR count). The highest BCUT2D eigenvalue weighted by Crippen LogP contribution is 2.15. The maximum absolute atomic E-state index is 11.6. The molecule has 0 saturated carbocycles. The van der Waals surface area contributed by atoms with Crippen LogP contribution in [0.4, 0.5) is 0 Å². The second-order valence-corrected chi connectivity index (χ2v) is 5.55. The lowest BCUT2D eigenvalue weighted by Crippen LogP contribution is -2.24. The van der Waals surface area contributed by atoms with Crippen molar-refractivity contribution in [1.29, 1.82) is 0 Å². The van der Waals surface area contributed by atoms with E-state index >= 15 is 0 Å². The highest BCUT2D eigenvalue weighted by Gasteiger charge is 2.01. The number of halogens is 1. The summed E-state index contributed by atoms with van der Waals surface area (Å²) >= 11 is 3.34. The lowest BCUT2D eigenvalue weighted by Gasteiger charge is -2.04. The van der Waals surface area contributed by atoms with Gasteiger partial charge in [-0.2, -0.15) is 5.10 Å². The van der Waals surface area contributed by atoms with Crippen LogP contribution < -0.4 is 10.2 Å². The number of hydrogen-bond acceptors (Lipinski definition) is 3. The third-order valence-corrected chi connectivity index (χ3v) is 3.50. The van der Waals surface area contributed by atoms with Gasteiger partial charge in [-0.15, -0.1) is 0 Å². The summed E-state index contributed by atoms with van der Waals surface area (Å²) in [7, 11) is 0. The summed E-state index contributed by atoms with van der Waals surface area (Å²) in [6.07, 6.45) is 2.61. The van der Waals surface area contributed by atoms with Crippen LogP contribution in [0.5, 0.6) is 5.75 Å². The van der Waals surface area contributed by atoms with Gasteiger partial charge in [0, 0.05) is 4.47 Å². The van der Waals surface area contributed by atoms with E-state index in [1.807, 2.05) is 36.4 Å². The zero-order valence-corrected chi connectivity index (χ0v) is 13.8. The minimum absolute atomic E-state index is 0.0756. The zero-order valence-electron chi connectivity index (χ0n) is 12.3. The smallest absolute Gasteiger partial charge is 0.277 e. The number of rotatable bonds is 6.